The molecular formula is C12H15BrFN. The summed E-state index contributed by atoms with van der Waals surface area (Å²) in [7, 11) is 0. The van der Waals surface area contributed by atoms with Crippen LogP contribution >= 0.6 is 15.9 Å². The average Bonchev–Trinajstić information content (AvgIpc) is 2.69. The highest BCUT2D eigenvalue weighted by Gasteiger charge is 2.25. The molecule has 15 heavy (non-hydrogen) atoms. The van der Waals surface area contributed by atoms with Crippen LogP contribution in [0.3, 0.4) is 0 Å². The first-order chi connectivity index (χ1) is 7.18. The molecule has 0 bridgehead atoms. The zero-order valence-corrected chi connectivity index (χ0v) is 10.1. The lowest BCUT2D eigenvalue weighted by Gasteiger charge is -2.19. The van der Waals surface area contributed by atoms with E-state index in [0.29, 0.717) is 11.5 Å². The molecule has 1 fully saturated rings. The minimum absolute atomic E-state index is 0.138. The van der Waals surface area contributed by atoms with Gasteiger partial charge < -0.3 is 5.73 Å². The van der Waals surface area contributed by atoms with Crippen LogP contribution in [0.2, 0.25) is 0 Å². The quantitative estimate of drug-likeness (QED) is 0.871. The molecule has 3 heteroatoms. The molecule has 1 saturated carbocycles. The largest absolute Gasteiger partial charge is 0.324 e. The van der Waals surface area contributed by atoms with Crippen LogP contribution in [0, 0.1) is 11.7 Å². The van der Waals surface area contributed by atoms with Gasteiger partial charge in [0.2, 0.25) is 0 Å². The molecule has 0 spiro atoms. The molecule has 0 amide bonds. The van der Waals surface area contributed by atoms with Crippen molar-refractivity contribution in [1.82, 2.24) is 0 Å². The molecule has 0 aromatic heterocycles. The van der Waals surface area contributed by atoms with Gasteiger partial charge in [-0.1, -0.05) is 34.8 Å². The van der Waals surface area contributed by atoms with Crippen molar-refractivity contribution in [3.8, 4) is 0 Å². The topological polar surface area (TPSA) is 26.0 Å². The average molecular weight is 272 g/mol. The van der Waals surface area contributed by atoms with Crippen molar-refractivity contribution >= 4 is 15.9 Å². The van der Waals surface area contributed by atoms with Crippen molar-refractivity contribution in [1.29, 1.82) is 0 Å². The lowest BCUT2D eigenvalue weighted by Crippen LogP contribution is -2.20. The first-order valence-electron chi connectivity index (χ1n) is 5.39. The van der Waals surface area contributed by atoms with Crippen LogP contribution in [0.15, 0.2) is 22.7 Å². The Morgan fingerprint density at radius 2 is 2.00 bits per heavy atom. The van der Waals surface area contributed by atoms with E-state index in [1.807, 2.05) is 6.07 Å². The third kappa shape index (κ3) is 2.40. The van der Waals surface area contributed by atoms with Crippen molar-refractivity contribution in [3.63, 3.8) is 0 Å². The van der Waals surface area contributed by atoms with E-state index in [0.717, 1.165) is 17.3 Å². The van der Waals surface area contributed by atoms with Crippen molar-refractivity contribution in [2.45, 2.75) is 31.7 Å². The van der Waals surface area contributed by atoms with Crippen LogP contribution in [0.25, 0.3) is 0 Å². The van der Waals surface area contributed by atoms with Gasteiger partial charge in [-0.2, -0.15) is 0 Å². The second-order valence-electron chi connectivity index (χ2n) is 4.24. The predicted molar refractivity (Wildman–Crippen MR) is 63.0 cm³/mol. The molecule has 0 saturated heterocycles. The van der Waals surface area contributed by atoms with Gasteiger partial charge in [0, 0.05) is 16.1 Å². The second-order valence-corrected chi connectivity index (χ2v) is 5.15. The van der Waals surface area contributed by atoms with E-state index >= 15 is 0 Å². The van der Waals surface area contributed by atoms with Crippen molar-refractivity contribution in [3.05, 3.63) is 34.1 Å². The van der Waals surface area contributed by atoms with Crippen molar-refractivity contribution in [2.75, 3.05) is 0 Å². The Bertz CT molecular complexity index is 347. The third-order valence-electron chi connectivity index (χ3n) is 3.23. The molecule has 2 rings (SSSR count). The van der Waals surface area contributed by atoms with E-state index in [9.17, 15) is 4.39 Å². The molecule has 0 radical (unpaired) electrons. The molecule has 0 aliphatic heterocycles. The van der Waals surface area contributed by atoms with E-state index < -0.39 is 0 Å². The lowest BCUT2D eigenvalue weighted by molar-refractivity contribution is 0.429. The second kappa shape index (κ2) is 4.62. The highest BCUT2D eigenvalue weighted by atomic mass is 79.9. The van der Waals surface area contributed by atoms with Crippen LogP contribution in [0.1, 0.15) is 37.3 Å². The molecular weight excluding hydrogens is 257 g/mol. The van der Waals surface area contributed by atoms with Crippen LogP contribution in [-0.2, 0) is 0 Å². The van der Waals surface area contributed by atoms with Gasteiger partial charge in [-0.15, -0.1) is 0 Å². The molecule has 0 heterocycles. The maximum absolute atomic E-state index is 13.6. The molecule has 1 nitrogen and oxygen atoms in total. The first-order valence-corrected chi connectivity index (χ1v) is 6.18. The number of halogens is 2. The van der Waals surface area contributed by atoms with Gasteiger partial charge in [-0.3, -0.25) is 0 Å². The van der Waals surface area contributed by atoms with E-state index in [2.05, 4.69) is 15.9 Å². The fraction of sp³-hybridized carbons (Fsp3) is 0.500. The molecule has 2 N–H and O–H groups in total. The molecule has 1 aromatic rings. The predicted octanol–water partition coefficient (Wildman–Crippen LogP) is 3.78. The summed E-state index contributed by atoms with van der Waals surface area (Å²) in [5, 5.41) is 0. The number of hydrogen-bond donors (Lipinski definition) is 1. The van der Waals surface area contributed by atoms with Crippen molar-refractivity contribution < 1.29 is 4.39 Å². The highest BCUT2D eigenvalue weighted by Crippen LogP contribution is 2.35. The Morgan fingerprint density at radius 3 is 2.60 bits per heavy atom. The Labute approximate surface area is 98.0 Å². The third-order valence-corrected chi connectivity index (χ3v) is 3.72. The highest BCUT2D eigenvalue weighted by molar-refractivity contribution is 9.10. The minimum atomic E-state index is -0.191. The fourth-order valence-corrected chi connectivity index (χ4v) is 2.68. The molecule has 1 aliphatic rings. The van der Waals surface area contributed by atoms with Gasteiger partial charge in [0.1, 0.15) is 5.82 Å². The maximum Gasteiger partial charge on any atom is 0.129 e. The summed E-state index contributed by atoms with van der Waals surface area (Å²) in [6.45, 7) is 0. The monoisotopic (exact) mass is 271 g/mol. The zero-order valence-electron chi connectivity index (χ0n) is 8.55. The van der Waals surface area contributed by atoms with E-state index in [-0.39, 0.29) is 11.9 Å². The smallest absolute Gasteiger partial charge is 0.129 e. The summed E-state index contributed by atoms with van der Waals surface area (Å²) < 4.78 is 14.4. The Kier molecular flexibility index (Phi) is 3.42. The van der Waals surface area contributed by atoms with Crippen molar-refractivity contribution in [2.24, 2.45) is 11.7 Å². The number of nitrogens with two attached hydrogens (primary N) is 1. The number of hydrogen-bond acceptors (Lipinski definition) is 1. The Hall–Kier alpha value is -0.410. The number of benzene rings is 1. The van der Waals surface area contributed by atoms with Gasteiger partial charge in [0.15, 0.2) is 0 Å². The normalized spacial score (nSPS) is 19.4. The SMILES string of the molecule is N[C@@H](c1ccc(Br)cc1F)C1CCCC1. The van der Waals surface area contributed by atoms with Crippen LogP contribution < -0.4 is 5.73 Å². The summed E-state index contributed by atoms with van der Waals surface area (Å²) in [5.74, 6) is 0.268. The van der Waals surface area contributed by atoms with Gasteiger partial charge >= 0.3 is 0 Å². The van der Waals surface area contributed by atoms with Crippen LogP contribution in [0.4, 0.5) is 4.39 Å². The summed E-state index contributed by atoms with van der Waals surface area (Å²) in [6.07, 6.45) is 4.74. The molecule has 0 unspecified atom stereocenters. The van der Waals surface area contributed by atoms with Crippen LogP contribution in [0.5, 0.6) is 0 Å². The zero-order chi connectivity index (χ0) is 10.8. The molecule has 1 aromatic carbocycles. The molecule has 1 aliphatic carbocycles. The lowest BCUT2D eigenvalue weighted by atomic mass is 9.92. The van der Waals surface area contributed by atoms with Crippen LogP contribution in [-0.4, -0.2) is 0 Å². The maximum atomic E-state index is 13.6. The summed E-state index contributed by atoms with van der Waals surface area (Å²) in [6, 6.07) is 5.00. The molecule has 82 valence electrons. The summed E-state index contributed by atoms with van der Waals surface area (Å²) in [5.41, 5.74) is 6.75. The number of rotatable bonds is 2. The van der Waals surface area contributed by atoms with Gasteiger partial charge in [0.25, 0.3) is 0 Å². The minimum Gasteiger partial charge on any atom is -0.324 e. The standard InChI is InChI=1S/C12H15BrFN/c13-9-5-6-10(11(14)7-9)12(15)8-3-1-2-4-8/h5-8,12H,1-4,15H2/t12-/m1/s1. The fourth-order valence-electron chi connectivity index (χ4n) is 2.34. The summed E-state index contributed by atoms with van der Waals surface area (Å²) in [4.78, 5) is 0. The Morgan fingerprint density at radius 1 is 1.33 bits per heavy atom. The summed E-state index contributed by atoms with van der Waals surface area (Å²) >= 11 is 3.25. The van der Waals surface area contributed by atoms with E-state index in [1.165, 1.54) is 18.9 Å². The van der Waals surface area contributed by atoms with E-state index in [1.54, 1.807) is 6.07 Å². The van der Waals surface area contributed by atoms with Gasteiger partial charge in [0.05, 0.1) is 0 Å². The Balaban J connectivity index is 2.20. The van der Waals surface area contributed by atoms with Gasteiger partial charge in [-0.25, -0.2) is 4.39 Å². The van der Waals surface area contributed by atoms with E-state index in [4.69, 9.17) is 5.73 Å². The molecule has 1 atom stereocenters. The van der Waals surface area contributed by atoms with Gasteiger partial charge in [-0.05, 0) is 30.9 Å². The first kappa shape index (κ1) is 11.1.